The number of fused-ring (bicyclic) bond motifs is 1. The van der Waals surface area contributed by atoms with Crippen LogP contribution in [0.5, 0.6) is 5.75 Å². The minimum Gasteiger partial charge on any atom is -0.504 e. The predicted molar refractivity (Wildman–Crippen MR) is 109 cm³/mol. The molecule has 0 amide bonds. The van der Waals surface area contributed by atoms with Gasteiger partial charge in [0.05, 0.1) is 18.5 Å². The minimum atomic E-state index is -0.518. The number of carbonyl (C=O) groups is 2. The van der Waals surface area contributed by atoms with E-state index in [1.165, 1.54) is 11.8 Å². The van der Waals surface area contributed by atoms with Crippen molar-refractivity contribution in [3.63, 3.8) is 0 Å². The van der Waals surface area contributed by atoms with Crippen molar-refractivity contribution >= 4 is 34.4 Å². The molecule has 0 spiro atoms. The number of ketones is 1. The van der Waals surface area contributed by atoms with Gasteiger partial charge in [-0.25, -0.2) is 4.98 Å². The molecule has 6 nitrogen and oxygen atoms in total. The molecule has 0 atom stereocenters. The van der Waals surface area contributed by atoms with Gasteiger partial charge in [0.2, 0.25) is 0 Å². The van der Waals surface area contributed by atoms with Gasteiger partial charge in [-0.1, -0.05) is 36.0 Å². The van der Waals surface area contributed by atoms with E-state index in [9.17, 15) is 20.0 Å². The van der Waals surface area contributed by atoms with Crippen molar-refractivity contribution in [2.75, 3.05) is 6.61 Å². The van der Waals surface area contributed by atoms with Gasteiger partial charge in [0.1, 0.15) is 17.3 Å². The molecule has 0 fully saturated rings. The van der Waals surface area contributed by atoms with Crippen LogP contribution in [0.3, 0.4) is 0 Å². The third-order valence-electron chi connectivity index (χ3n) is 4.15. The number of aromatic nitrogens is 1. The summed E-state index contributed by atoms with van der Waals surface area (Å²) in [5.74, 6) is -1.48. The lowest BCUT2D eigenvalue weighted by atomic mass is 10.0. The number of benzene rings is 2. The highest BCUT2D eigenvalue weighted by Crippen LogP contribution is 2.34. The number of hydrogen-bond acceptors (Lipinski definition) is 7. The van der Waals surface area contributed by atoms with Gasteiger partial charge in [-0.3, -0.25) is 9.59 Å². The summed E-state index contributed by atoms with van der Waals surface area (Å²) in [5.41, 5.74) is 0.214. The Balaban J connectivity index is 1.95. The molecule has 0 saturated heterocycles. The van der Waals surface area contributed by atoms with Gasteiger partial charge in [0, 0.05) is 21.6 Å². The van der Waals surface area contributed by atoms with Gasteiger partial charge in [-0.05, 0) is 31.2 Å². The maximum Gasteiger partial charge on any atom is 0.306 e. The standard InChI is InChI=1S/C22H18N2O4S/c1-2-28-20(26)11-10-19(25)21-22(27)17(13-23)16-9-8-15(12-18(16)24-21)29-14-6-4-3-5-7-14/h3-9,12,27H,2,10-11H2,1H3. The van der Waals surface area contributed by atoms with Gasteiger partial charge in [-0.2, -0.15) is 5.26 Å². The number of nitriles is 1. The van der Waals surface area contributed by atoms with Gasteiger partial charge < -0.3 is 9.84 Å². The van der Waals surface area contributed by atoms with Crippen molar-refractivity contribution in [3.8, 4) is 11.8 Å². The first kappa shape index (κ1) is 20.4. The van der Waals surface area contributed by atoms with Crippen molar-refractivity contribution in [1.82, 2.24) is 4.98 Å². The summed E-state index contributed by atoms with van der Waals surface area (Å²) in [6, 6.07) is 17.0. The summed E-state index contributed by atoms with van der Waals surface area (Å²) in [4.78, 5) is 30.2. The number of Topliss-reactive ketones (excluding diaryl/α,β-unsaturated/α-hetero) is 1. The molecule has 1 aromatic heterocycles. The number of hydrogen-bond donors (Lipinski definition) is 1. The normalized spacial score (nSPS) is 10.5. The number of esters is 1. The van der Waals surface area contributed by atoms with E-state index in [0.29, 0.717) is 10.9 Å². The number of rotatable bonds is 7. The Morgan fingerprint density at radius 1 is 1.14 bits per heavy atom. The smallest absolute Gasteiger partial charge is 0.306 e. The van der Waals surface area contributed by atoms with E-state index in [2.05, 4.69) is 4.98 Å². The highest BCUT2D eigenvalue weighted by molar-refractivity contribution is 7.99. The second kappa shape index (κ2) is 9.22. The van der Waals surface area contributed by atoms with Crippen molar-refractivity contribution < 1.29 is 19.4 Å². The molecule has 0 aliphatic heterocycles. The van der Waals surface area contributed by atoms with Crippen LogP contribution >= 0.6 is 11.8 Å². The summed E-state index contributed by atoms with van der Waals surface area (Å²) >= 11 is 1.52. The molecule has 0 aliphatic rings. The third-order valence-corrected chi connectivity index (χ3v) is 5.15. The number of pyridine rings is 1. The molecule has 29 heavy (non-hydrogen) atoms. The van der Waals surface area contributed by atoms with E-state index in [1.807, 2.05) is 42.5 Å². The van der Waals surface area contributed by atoms with Crippen LogP contribution in [-0.4, -0.2) is 28.4 Å². The van der Waals surface area contributed by atoms with E-state index < -0.39 is 17.5 Å². The van der Waals surface area contributed by atoms with Gasteiger partial charge >= 0.3 is 5.97 Å². The van der Waals surface area contributed by atoms with Gasteiger partial charge in [-0.15, -0.1) is 0 Å². The van der Waals surface area contributed by atoms with Crippen molar-refractivity contribution in [2.24, 2.45) is 0 Å². The molecular formula is C22H18N2O4S. The molecular weight excluding hydrogens is 388 g/mol. The van der Waals surface area contributed by atoms with E-state index in [0.717, 1.165) is 9.79 Å². The lowest BCUT2D eigenvalue weighted by molar-refractivity contribution is -0.143. The molecule has 1 N–H and O–H groups in total. The van der Waals surface area contributed by atoms with Crippen molar-refractivity contribution in [2.45, 2.75) is 29.6 Å². The summed E-state index contributed by atoms with van der Waals surface area (Å²) in [7, 11) is 0. The molecule has 3 aromatic rings. The van der Waals surface area contributed by atoms with Gasteiger partial charge in [0.25, 0.3) is 0 Å². The fourth-order valence-corrected chi connectivity index (χ4v) is 3.67. The summed E-state index contributed by atoms with van der Waals surface area (Å²) in [6.07, 6.45) is -0.272. The Hall–Kier alpha value is -3.37. The second-order valence-corrected chi connectivity index (χ2v) is 7.27. The molecule has 146 valence electrons. The molecule has 3 rings (SSSR count). The SMILES string of the molecule is CCOC(=O)CCC(=O)c1nc2cc(Sc3ccccc3)ccc2c(C#N)c1O. The molecule has 1 heterocycles. The Morgan fingerprint density at radius 2 is 1.90 bits per heavy atom. The van der Waals surface area contributed by atoms with Crippen molar-refractivity contribution in [3.05, 3.63) is 59.8 Å². The second-order valence-electron chi connectivity index (χ2n) is 6.12. The van der Waals surface area contributed by atoms with Crippen LogP contribution in [0.4, 0.5) is 0 Å². The van der Waals surface area contributed by atoms with Crippen LogP contribution < -0.4 is 0 Å². The van der Waals surface area contributed by atoms with E-state index in [-0.39, 0.29) is 30.7 Å². The zero-order valence-electron chi connectivity index (χ0n) is 15.7. The lowest BCUT2D eigenvalue weighted by Gasteiger charge is -2.09. The molecule has 7 heteroatoms. The van der Waals surface area contributed by atoms with Crippen LogP contribution in [0.15, 0.2) is 58.3 Å². The summed E-state index contributed by atoms with van der Waals surface area (Å²) < 4.78 is 4.82. The van der Waals surface area contributed by atoms with Crippen LogP contribution in [0, 0.1) is 11.3 Å². The number of nitrogens with zero attached hydrogens (tertiary/aromatic N) is 2. The minimum absolute atomic E-state index is 0.00857. The van der Waals surface area contributed by atoms with Crippen LogP contribution in [0.1, 0.15) is 35.8 Å². The van der Waals surface area contributed by atoms with Crippen LogP contribution in [0.2, 0.25) is 0 Å². The lowest BCUT2D eigenvalue weighted by Crippen LogP contribution is -2.10. The Kier molecular flexibility index (Phi) is 6.47. The van der Waals surface area contributed by atoms with Gasteiger partial charge in [0.15, 0.2) is 11.5 Å². The topological polar surface area (TPSA) is 100 Å². The molecule has 0 aliphatic carbocycles. The summed E-state index contributed by atoms with van der Waals surface area (Å²) in [6.45, 7) is 1.91. The Bertz CT molecular complexity index is 1110. The first-order valence-corrected chi connectivity index (χ1v) is 9.83. The fourth-order valence-electron chi connectivity index (χ4n) is 2.80. The zero-order chi connectivity index (χ0) is 20.8. The quantitative estimate of drug-likeness (QED) is 0.456. The first-order chi connectivity index (χ1) is 14.0. The van der Waals surface area contributed by atoms with E-state index in [4.69, 9.17) is 4.74 Å². The van der Waals surface area contributed by atoms with E-state index >= 15 is 0 Å². The highest BCUT2D eigenvalue weighted by atomic mass is 32.2. The first-order valence-electron chi connectivity index (χ1n) is 9.02. The molecule has 0 unspecified atom stereocenters. The maximum absolute atomic E-state index is 12.5. The number of ether oxygens (including phenoxy) is 1. The largest absolute Gasteiger partial charge is 0.504 e. The fraction of sp³-hybridized carbons (Fsp3) is 0.182. The molecule has 0 saturated carbocycles. The summed E-state index contributed by atoms with van der Waals surface area (Å²) in [5, 5.41) is 20.4. The Labute approximate surface area is 172 Å². The third kappa shape index (κ3) is 4.73. The number of carbonyl (C=O) groups excluding carboxylic acids is 2. The average molecular weight is 406 g/mol. The predicted octanol–water partition coefficient (Wildman–Crippen LogP) is 4.49. The molecule has 2 aromatic carbocycles. The molecule has 0 bridgehead atoms. The van der Waals surface area contributed by atoms with Crippen molar-refractivity contribution in [1.29, 1.82) is 5.26 Å². The monoisotopic (exact) mass is 406 g/mol. The average Bonchev–Trinajstić information content (AvgIpc) is 2.72. The number of aromatic hydroxyl groups is 1. The Morgan fingerprint density at radius 3 is 2.59 bits per heavy atom. The maximum atomic E-state index is 12.5. The van der Waals surface area contributed by atoms with Crippen LogP contribution in [-0.2, 0) is 9.53 Å². The van der Waals surface area contributed by atoms with E-state index in [1.54, 1.807) is 19.1 Å². The highest BCUT2D eigenvalue weighted by Gasteiger charge is 2.21. The van der Waals surface area contributed by atoms with Crippen LogP contribution in [0.25, 0.3) is 10.9 Å². The molecule has 0 radical (unpaired) electrons. The zero-order valence-corrected chi connectivity index (χ0v) is 16.5.